The zero-order valence-corrected chi connectivity index (χ0v) is 18.0. The first-order valence-electron chi connectivity index (χ1n) is 9.05. The van der Waals surface area contributed by atoms with E-state index in [9.17, 15) is 13.2 Å². The summed E-state index contributed by atoms with van der Waals surface area (Å²) in [6.45, 7) is 10.5. The van der Waals surface area contributed by atoms with Crippen molar-refractivity contribution in [2.75, 3.05) is 5.32 Å². The van der Waals surface area contributed by atoms with E-state index in [2.05, 4.69) is 20.2 Å². The molecule has 0 aliphatic rings. The van der Waals surface area contributed by atoms with E-state index in [-0.39, 0.29) is 21.8 Å². The highest BCUT2D eigenvalue weighted by atomic mass is 32.2. The fraction of sp³-hybridized carbons (Fsp3) is 0.421. The molecule has 0 saturated carbocycles. The van der Waals surface area contributed by atoms with E-state index in [4.69, 9.17) is 8.94 Å². The predicted octanol–water partition coefficient (Wildman–Crippen LogP) is 3.04. The minimum absolute atomic E-state index is 0.0594. The smallest absolute Gasteiger partial charge is 0.246 e. The molecule has 1 atom stereocenters. The molecule has 29 heavy (non-hydrogen) atoms. The van der Waals surface area contributed by atoms with Gasteiger partial charge in [-0.25, -0.2) is 13.4 Å². The number of hydrogen-bond acceptors (Lipinski definition) is 7. The largest absolute Gasteiger partial charge is 0.440 e. The summed E-state index contributed by atoms with van der Waals surface area (Å²) >= 11 is 0. The highest BCUT2D eigenvalue weighted by Crippen LogP contribution is 2.27. The number of aryl methyl sites for hydroxylation is 2. The summed E-state index contributed by atoms with van der Waals surface area (Å²) in [5, 5.41) is 6.33. The molecule has 0 aliphatic heterocycles. The molecule has 0 bridgehead atoms. The molecule has 0 fully saturated rings. The third-order valence-electron chi connectivity index (χ3n) is 4.26. The van der Waals surface area contributed by atoms with Crippen molar-refractivity contribution < 1.29 is 22.2 Å². The number of sulfonamides is 1. The van der Waals surface area contributed by atoms with Gasteiger partial charge >= 0.3 is 0 Å². The zero-order chi connectivity index (χ0) is 21.6. The molecule has 9 nitrogen and oxygen atoms in total. The molecule has 2 N–H and O–H groups in total. The Kier molecular flexibility index (Phi) is 5.26. The summed E-state index contributed by atoms with van der Waals surface area (Å²) in [5.74, 6) is 0.240. The third-order valence-corrected chi connectivity index (χ3v) is 6.04. The Morgan fingerprint density at radius 1 is 1.21 bits per heavy atom. The van der Waals surface area contributed by atoms with Gasteiger partial charge in [-0.1, -0.05) is 25.9 Å². The zero-order valence-electron chi connectivity index (χ0n) is 17.2. The van der Waals surface area contributed by atoms with E-state index < -0.39 is 22.0 Å². The first-order valence-corrected chi connectivity index (χ1v) is 10.5. The minimum Gasteiger partial charge on any atom is -0.440 e. The molecule has 0 unspecified atom stereocenters. The number of oxazole rings is 1. The molecule has 1 aromatic carbocycles. The topological polar surface area (TPSA) is 127 Å². The van der Waals surface area contributed by atoms with Crippen LogP contribution in [0.1, 0.15) is 45.0 Å². The molecular weight excluding hydrogens is 396 g/mol. The van der Waals surface area contributed by atoms with Crippen LogP contribution in [0.2, 0.25) is 0 Å². The molecule has 10 heteroatoms. The maximum absolute atomic E-state index is 12.6. The molecule has 0 saturated heterocycles. The van der Waals surface area contributed by atoms with Crippen LogP contribution in [0.4, 0.5) is 5.69 Å². The van der Waals surface area contributed by atoms with Crippen molar-refractivity contribution >= 4 is 32.7 Å². The van der Waals surface area contributed by atoms with Gasteiger partial charge in [0.05, 0.1) is 6.04 Å². The summed E-state index contributed by atoms with van der Waals surface area (Å²) < 4.78 is 38.1. The molecule has 0 radical (unpaired) electrons. The van der Waals surface area contributed by atoms with Crippen molar-refractivity contribution in [3.63, 3.8) is 0 Å². The Bertz CT molecular complexity index is 1150. The number of nitrogens with zero attached hydrogens (tertiary/aromatic N) is 2. The van der Waals surface area contributed by atoms with Crippen LogP contribution in [-0.4, -0.2) is 30.5 Å². The van der Waals surface area contributed by atoms with Gasteiger partial charge in [0.25, 0.3) is 0 Å². The third kappa shape index (κ3) is 4.33. The van der Waals surface area contributed by atoms with Gasteiger partial charge in [-0.05, 0) is 39.0 Å². The second-order valence-corrected chi connectivity index (χ2v) is 9.59. The average molecular weight is 420 g/mol. The number of anilines is 1. The molecule has 0 spiro atoms. The second-order valence-electron chi connectivity index (χ2n) is 7.94. The molecule has 2 heterocycles. The van der Waals surface area contributed by atoms with Gasteiger partial charge in [-0.15, -0.1) is 0 Å². The van der Waals surface area contributed by atoms with E-state index in [1.165, 1.54) is 20.8 Å². The van der Waals surface area contributed by atoms with Crippen LogP contribution in [0.3, 0.4) is 0 Å². The monoisotopic (exact) mass is 420 g/mol. The van der Waals surface area contributed by atoms with Gasteiger partial charge in [0, 0.05) is 11.1 Å². The lowest BCUT2D eigenvalue weighted by Gasteiger charge is -2.14. The molecule has 3 aromatic rings. The van der Waals surface area contributed by atoms with Crippen molar-refractivity contribution in [3.05, 3.63) is 35.5 Å². The summed E-state index contributed by atoms with van der Waals surface area (Å²) in [6.07, 6.45) is 0. The van der Waals surface area contributed by atoms with E-state index >= 15 is 0 Å². The normalized spacial score (nSPS) is 13.6. The molecule has 3 rings (SSSR count). The van der Waals surface area contributed by atoms with Crippen molar-refractivity contribution in [1.82, 2.24) is 14.9 Å². The molecule has 1 amide bonds. The van der Waals surface area contributed by atoms with Gasteiger partial charge < -0.3 is 14.3 Å². The maximum Gasteiger partial charge on any atom is 0.246 e. The van der Waals surface area contributed by atoms with Gasteiger partial charge in [0.1, 0.15) is 16.1 Å². The summed E-state index contributed by atoms with van der Waals surface area (Å²) in [5.41, 5.74) is 1.69. The Hall–Kier alpha value is -2.72. The van der Waals surface area contributed by atoms with E-state index in [0.717, 1.165) is 0 Å². The van der Waals surface area contributed by atoms with E-state index in [0.29, 0.717) is 22.7 Å². The van der Waals surface area contributed by atoms with Gasteiger partial charge in [0.2, 0.25) is 21.8 Å². The van der Waals surface area contributed by atoms with Gasteiger partial charge in [-0.2, -0.15) is 4.72 Å². The molecular formula is C19H24N4O5S. The lowest BCUT2D eigenvalue weighted by Crippen LogP contribution is -2.41. The Balaban J connectivity index is 1.75. The number of benzene rings is 1. The highest BCUT2D eigenvalue weighted by molar-refractivity contribution is 7.89. The number of aromatic nitrogens is 2. The summed E-state index contributed by atoms with van der Waals surface area (Å²) in [6, 6.07) is 4.05. The first-order chi connectivity index (χ1) is 13.4. The number of hydrogen-bond donors (Lipinski definition) is 2. The lowest BCUT2D eigenvalue weighted by molar-refractivity contribution is -0.117. The maximum atomic E-state index is 12.6. The van der Waals surface area contributed by atoms with Crippen LogP contribution in [-0.2, 0) is 20.2 Å². The number of carbonyl (C=O) groups is 1. The number of fused-ring (bicyclic) bond motifs is 1. The van der Waals surface area contributed by atoms with Gasteiger partial charge in [0.15, 0.2) is 11.3 Å². The van der Waals surface area contributed by atoms with Crippen LogP contribution in [0.5, 0.6) is 0 Å². The van der Waals surface area contributed by atoms with Crippen molar-refractivity contribution in [2.24, 2.45) is 0 Å². The molecule has 0 aliphatic carbocycles. The van der Waals surface area contributed by atoms with Crippen molar-refractivity contribution in [1.29, 1.82) is 0 Å². The van der Waals surface area contributed by atoms with Crippen LogP contribution in [0, 0.1) is 13.8 Å². The van der Waals surface area contributed by atoms with Crippen LogP contribution < -0.4 is 10.0 Å². The van der Waals surface area contributed by atoms with Crippen LogP contribution in [0.25, 0.3) is 11.1 Å². The Labute approximate surface area is 168 Å². The Morgan fingerprint density at radius 2 is 1.90 bits per heavy atom. The van der Waals surface area contributed by atoms with Crippen molar-refractivity contribution in [2.45, 2.75) is 57.9 Å². The summed E-state index contributed by atoms with van der Waals surface area (Å²) in [7, 11) is -3.96. The standard InChI is InChI=1S/C19H24N4O5S/c1-10-16(12(3)28-22-10)29(25,26)23-11(2)17(24)20-13-7-8-15-14(9-13)21-18(27-15)19(4,5)6/h7-9,11,23H,1-6H3,(H,20,24)/t11-/m0/s1. The first kappa shape index (κ1) is 21.0. The lowest BCUT2D eigenvalue weighted by atomic mass is 9.97. The SMILES string of the molecule is Cc1noc(C)c1S(=O)(=O)N[C@@H](C)C(=O)Nc1ccc2oc(C(C)(C)C)nc2c1. The molecule has 2 aromatic heterocycles. The van der Waals surface area contributed by atoms with E-state index in [1.54, 1.807) is 18.2 Å². The highest BCUT2D eigenvalue weighted by Gasteiger charge is 2.28. The fourth-order valence-electron chi connectivity index (χ4n) is 2.78. The summed E-state index contributed by atoms with van der Waals surface area (Å²) in [4.78, 5) is 16.9. The number of amides is 1. The predicted molar refractivity (Wildman–Crippen MR) is 107 cm³/mol. The average Bonchev–Trinajstić information content (AvgIpc) is 3.17. The van der Waals surface area contributed by atoms with Crippen LogP contribution in [0.15, 0.2) is 32.0 Å². The quantitative estimate of drug-likeness (QED) is 0.649. The number of nitrogens with one attached hydrogen (secondary N) is 2. The fourth-order valence-corrected chi connectivity index (χ4v) is 4.31. The van der Waals surface area contributed by atoms with Crippen LogP contribution >= 0.6 is 0 Å². The number of rotatable bonds is 5. The van der Waals surface area contributed by atoms with Gasteiger partial charge in [-0.3, -0.25) is 4.79 Å². The molecule has 156 valence electrons. The van der Waals surface area contributed by atoms with Crippen molar-refractivity contribution in [3.8, 4) is 0 Å². The second kappa shape index (κ2) is 7.27. The van der Waals surface area contributed by atoms with E-state index in [1.807, 2.05) is 20.8 Å². The minimum atomic E-state index is -3.96. The Morgan fingerprint density at radius 3 is 2.48 bits per heavy atom. The number of carbonyl (C=O) groups excluding carboxylic acids is 1.